The maximum Gasteiger partial charge on any atom is 0.253 e. The Hall–Kier alpha value is -2.70. The van der Waals surface area contributed by atoms with Crippen LogP contribution in [0.2, 0.25) is 0 Å². The number of hydrogen-bond donors (Lipinski definition) is 0. The van der Waals surface area contributed by atoms with Crippen LogP contribution in [0.1, 0.15) is 18.0 Å². The van der Waals surface area contributed by atoms with E-state index in [1.54, 1.807) is 7.11 Å². The van der Waals surface area contributed by atoms with Gasteiger partial charge in [0.1, 0.15) is 11.8 Å². The second kappa shape index (κ2) is 6.18. The lowest BCUT2D eigenvalue weighted by Crippen LogP contribution is -2.44. The number of imide groups is 1. The molecule has 6 nitrogen and oxygen atoms in total. The Balaban J connectivity index is 1.62. The van der Waals surface area contributed by atoms with E-state index in [2.05, 4.69) is 10.0 Å². The molecule has 6 heteroatoms. The third kappa shape index (κ3) is 2.27. The van der Waals surface area contributed by atoms with Crippen LogP contribution in [0.5, 0.6) is 5.75 Å². The van der Waals surface area contributed by atoms with Gasteiger partial charge in [0.05, 0.1) is 24.8 Å². The van der Waals surface area contributed by atoms with E-state index in [-0.39, 0.29) is 17.9 Å². The van der Waals surface area contributed by atoms with Crippen molar-refractivity contribution >= 4 is 17.5 Å². The lowest BCUT2D eigenvalue weighted by Gasteiger charge is -2.30. The van der Waals surface area contributed by atoms with Crippen LogP contribution in [0, 0.1) is 5.92 Å². The van der Waals surface area contributed by atoms with Crippen molar-refractivity contribution in [1.29, 1.82) is 0 Å². The number of carbonyl (C=O) groups excluding carboxylic acids is 2. The van der Waals surface area contributed by atoms with Gasteiger partial charge in [0.2, 0.25) is 5.91 Å². The molecule has 0 aliphatic carbocycles. The van der Waals surface area contributed by atoms with Crippen LogP contribution < -0.4 is 9.64 Å². The van der Waals surface area contributed by atoms with Crippen molar-refractivity contribution in [1.82, 2.24) is 10.0 Å². The van der Waals surface area contributed by atoms with Gasteiger partial charge in [-0.3, -0.25) is 9.59 Å². The van der Waals surface area contributed by atoms with Crippen molar-refractivity contribution in [2.75, 3.05) is 25.1 Å². The second-order valence-corrected chi connectivity index (χ2v) is 7.18. The highest BCUT2D eigenvalue weighted by atomic mass is 16.5. The first kappa shape index (κ1) is 16.5. The lowest BCUT2D eigenvalue weighted by molar-refractivity contribution is -0.126. The molecule has 2 aromatic rings. The van der Waals surface area contributed by atoms with E-state index in [9.17, 15) is 9.59 Å². The Bertz CT molecular complexity index is 901. The minimum absolute atomic E-state index is 0.124. The van der Waals surface area contributed by atoms with Gasteiger partial charge in [0.15, 0.2) is 0 Å². The van der Waals surface area contributed by atoms with Crippen molar-refractivity contribution in [3.05, 3.63) is 60.2 Å². The lowest BCUT2D eigenvalue weighted by atomic mass is 9.89. The van der Waals surface area contributed by atoms with Crippen LogP contribution in [0.3, 0.4) is 0 Å². The molecule has 0 spiro atoms. The summed E-state index contributed by atoms with van der Waals surface area (Å²) in [6.07, 6.45) is 0.988. The Morgan fingerprint density at radius 1 is 0.852 bits per heavy atom. The molecule has 3 atom stereocenters. The van der Waals surface area contributed by atoms with E-state index in [1.807, 2.05) is 54.6 Å². The van der Waals surface area contributed by atoms with Crippen molar-refractivity contribution in [3.63, 3.8) is 0 Å². The monoisotopic (exact) mass is 363 g/mol. The van der Waals surface area contributed by atoms with E-state index in [0.29, 0.717) is 5.69 Å². The number of fused-ring (bicyclic) bond motifs is 3. The molecule has 3 aliphatic rings. The van der Waals surface area contributed by atoms with Crippen molar-refractivity contribution in [3.8, 4) is 5.75 Å². The largest absolute Gasteiger partial charge is 0.496 e. The quantitative estimate of drug-likeness (QED) is 0.783. The van der Waals surface area contributed by atoms with Crippen molar-refractivity contribution in [2.45, 2.75) is 18.5 Å². The number of ether oxygens (including phenoxy) is 1. The number of amides is 2. The van der Waals surface area contributed by atoms with E-state index in [1.165, 1.54) is 4.90 Å². The fourth-order valence-electron chi connectivity index (χ4n) is 4.83. The zero-order chi connectivity index (χ0) is 18.5. The third-order valence-electron chi connectivity index (χ3n) is 5.88. The minimum atomic E-state index is -0.435. The van der Waals surface area contributed by atoms with Gasteiger partial charge in [-0.25, -0.2) is 14.9 Å². The molecule has 3 aliphatic heterocycles. The summed E-state index contributed by atoms with van der Waals surface area (Å²) >= 11 is 0. The summed E-state index contributed by atoms with van der Waals surface area (Å²) in [4.78, 5) is 28.1. The number of rotatable bonds is 3. The molecule has 27 heavy (non-hydrogen) atoms. The molecule has 0 unspecified atom stereocenters. The maximum absolute atomic E-state index is 13.4. The van der Waals surface area contributed by atoms with Crippen LogP contribution in [-0.2, 0) is 9.59 Å². The SMILES string of the molecule is COc1ccccc1[C@@H]1[C@H]2C(=O)N(c3ccccc3)C(=O)[C@@H]2N2CCCN12. The van der Waals surface area contributed by atoms with Gasteiger partial charge in [-0.1, -0.05) is 36.4 Å². The third-order valence-corrected chi connectivity index (χ3v) is 5.88. The average Bonchev–Trinajstić information content (AvgIpc) is 3.34. The molecule has 3 saturated heterocycles. The Morgan fingerprint density at radius 2 is 1.52 bits per heavy atom. The summed E-state index contributed by atoms with van der Waals surface area (Å²) in [5, 5.41) is 4.30. The van der Waals surface area contributed by atoms with Gasteiger partial charge in [0.25, 0.3) is 5.91 Å². The molecule has 0 bridgehead atoms. The molecule has 138 valence electrons. The molecule has 0 radical (unpaired) electrons. The summed E-state index contributed by atoms with van der Waals surface area (Å²) in [5.41, 5.74) is 1.61. The highest BCUT2D eigenvalue weighted by Crippen LogP contribution is 2.50. The molecule has 2 aromatic carbocycles. The number of methoxy groups -OCH3 is 1. The number of anilines is 1. The van der Waals surface area contributed by atoms with Crippen LogP contribution >= 0.6 is 0 Å². The van der Waals surface area contributed by atoms with Crippen LogP contribution in [0.25, 0.3) is 0 Å². The predicted octanol–water partition coefficient (Wildman–Crippen LogP) is 2.23. The van der Waals surface area contributed by atoms with Gasteiger partial charge < -0.3 is 4.74 Å². The number of carbonyl (C=O) groups is 2. The van der Waals surface area contributed by atoms with Gasteiger partial charge in [0, 0.05) is 18.7 Å². The Kier molecular flexibility index (Phi) is 3.77. The second-order valence-electron chi connectivity index (χ2n) is 7.18. The fourth-order valence-corrected chi connectivity index (χ4v) is 4.83. The first-order chi connectivity index (χ1) is 13.2. The molecule has 5 rings (SSSR count). The molecule has 0 aromatic heterocycles. The van der Waals surface area contributed by atoms with E-state index in [4.69, 9.17) is 4.74 Å². The topological polar surface area (TPSA) is 53.1 Å². The maximum atomic E-state index is 13.4. The van der Waals surface area contributed by atoms with Crippen molar-refractivity contribution < 1.29 is 14.3 Å². The molecular formula is C21H21N3O3. The number of hydrazine groups is 1. The predicted molar refractivity (Wildman–Crippen MR) is 100.0 cm³/mol. The number of benzene rings is 2. The number of para-hydroxylation sites is 2. The average molecular weight is 363 g/mol. The first-order valence-corrected chi connectivity index (χ1v) is 9.31. The molecule has 2 amide bonds. The molecular weight excluding hydrogens is 342 g/mol. The molecule has 3 heterocycles. The summed E-state index contributed by atoms with van der Waals surface area (Å²) in [5.74, 6) is 0.0877. The van der Waals surface area contributed by atoms with E-state index < -0.39 is 12.0 Å². The summed E-state index contributed by atoms with van der Waals surface area (Å²) < 4.78 is 5.57. The summed E-state index contributed by atoms with van der Waals surface area (Å²) in [6, 6.07) is 16.4. The van der Waals surface area contributed by atoms with Gasteiger partial charge in [-0.15, -0.1) is 0 Å². The van der Waals surface area contributed by atoms with Gasteiger partial charge >= 0.3 is 0 Å². The van der Waals surface area contributed by atoms with Crippen LogP contribution in [0.15, 0.2) is 54.6 Å². The normalized spacial score (nSPS) is 27.9. The number of nitrogens with zero attached hydrogens (tertiary/aromatic N) is 3. The highest BCUT2D eigenvalue weighted by molar-refractivity contribution is 6.24. The zero-order valence-electron chi connectivity index (χ0n) is 15.1. The van der Waals surface area contributed by atoms with Crippen LogP contribution in [-0.4, -0.2) is 48.1 Å². The Morgan fingerprint density at radius 3 is 2.26 bits per heavy atom. The molecule has 0 saturated carbocycles. The van der Waals surface area contributed by atoms with Crippen LogP contribution in [0.4, 0.5) is 5.69 Å². The number of hydrogen-bond acceptors (Lipinski definition) is 5. The van der Waals surface area contributed by atoms with Crippen molar-refractivity contribution in [2.24, 2.45) is 5.92 Å². The molecule has 0 N–H and O–H groups in total. The van der Waals surface area contributed by atoms with Gasteiger partial charge in [-0.2, -0.15) is 0 Å². The summed E-state index contributed by atoms with van der Waals surface area (Å²) in [7, 11) is 1.64. The summed E-state index contributed by atoms with van der Waals surface area (Å²) in [6.45, 7) is 1.65. The standard InChI is InChI=1S/C21H21N3O3/c1-27-16-11-6-5-10-15(16)18-17-19(23-13-7-12-22(18)23)21(26)24(20(17)25)14-8-3-2-4-9-14/h2-6,8-11,17-19H,7,12-13H2,1H3/t17-,18-,19-/m1/s1. The minimum Gasteiger partial charge on any atom is -0.496 e. The van der Waals surface area contributed by atoms with E-state index >= 15 is 0 Å². The fraction of sp³-hybridized carbons (Fsp3) is 0.333. The Labute approximate surface area is 157 Å². The smallest absolute Gasteiger partial charge is 0.253 e. The zero-order valence-corrected chi connectivity index (χ0v) is 15.1. The molecule has 3 fully saturated rings. The van der Waals surface area contributed by atoms with Gasteiger partial charge in [-0.05, 0) is 24.6 Å². The first-order valence-electron chi connectivity index (χ1n) is 9.31. The highest BCUT2D eigenvalue weighted by Gasteiger charge is 2.63. The van der Waals surface area contributed by atoms with E-state index in [0.717, 1.165) is 30.8 Å².